The Morgan fingerprint density at radius 2 is 2.43 bits per heavy atom. The monoisotopic (exact) mass is 215 g/mol. The zero-order valence-corrected chi connectivity index (χ0v) is 8.36. The van der Waals surface area contributed by atoms with Gasteiger partial charge in [-0.25, -0.2) is 0 Å². The van der Waals surface area contributed by atoms with Gasteiger partial charge in [-0.3, -0.25) is 8.86 Å². The van der Waals surface area contributed by atoms with Crippen molar-refractivity contribution in [2.75, 3.05) is 12.9 Å². The molecule has 0 radical (unpaired) electrons. The molecule has 0 unspecified atom stereocenters. The van der Waals surface area contributed by atoms with Crippen LogP contribution < -0.4 is 0 Å². The smallest absolute Gasteiger partial charge is 0.264 e. The Bertz CT molecular complexity index is 443. The van der Waals surface area contributed by atoms with Crippen molar-refractivity contribution < 1.29 is 12.6 Å². The van der Waals surface area contributed by atoms with Crippen molar-refractivity contribution in [2.45, 2.75) is 6.54 Å². The van der Waals surface area contributed by atoms with E-state index in [0.29, 0.717) is 12.1 Å². The Morgan fingerprint density at radius 3 is 2.93 bits per heavy atom. The molecule has 0 atom stereocenters. The Morgan fingerprint density at radius 1 is 1.71 bits per heavy atom. The van der Waals surface area contributed by atoms with Crippen LogP contribution in [0.1, 0.15) is 5.56 Å². The summed E-state index contributed by atoms with van der Waals surface area (Å²) < 4.78 is 27.1. The fourth-order valence-corrected chi connectivity index (χ4v) is 1.20. The highest BCUT2D eigenvalue weighted by atomic mass is 32.2. The molecule has 0 N–H and O–H groups in total. The molecule has 14 heavy (non-hydrogen) atoms. The molecule has 0 aliphatic carbocycles. The van der Waals surface area contributed by atoms with E-state index in [1.165, 1.54) is 17.1 Å². The predicted octanol–water partition coefficient (Wildman–Crippen LogP) is -0.269. The van der Waals surface area contributed by atoms with Crippen molar-refractivity contribution in [1.82, 2.24) is 9.78 Å². The molecule has 0 spiro atoms. The highest BCUT2D eigenvalue weighted by Crippen LogP contribution is 1.95. The zero-order valence-electron chi connectivity index (χ0n) is 7.54. The first-order chi connectivity index (χ1) is 6.51. The van der Waals surface area contributed by atoms with Crippen LogP contribution >= 0.6 is 0 Å². The number of nitriles is 1. The van der Waals surface area contributed by atoms with Crippen LogP contribution in [0.25, 0.3) is 0 Å². The van der Waals surface area contributed by atoms with Crippen LogP contribution in [-0.4, -0.2) is 31.1 Å². The molecule has 0 amide bonds. The van der Waals surface area contributed by atoms with Crippen LogP contribution in [0.4, 0.5) is 0 Å². The molecular formula is C7H9N3O3S. The summed E-state index contributed by atoms with van der Waals surface area (Å²) in [4.78, 5) is 0. The standard InChI is InChI=1S/C7H9N3O3S/c1-14(11,12)13-3-2-10-6-7(4-8)5-9-10/h5-6H,2-3H2,1H3. The molecule has 0 aliphatic heterocycles. The topological polar surface area (TPSA) is 85.0 Å². The first kappa shape index (κ1) is 10.7. The summed E-state index contributed by atoms with van der Waals surface area (Å²) >= 11 is 0. The summed E-state index contributed by atoms with van der Waals surface area (Å²) in [6.07, 6.45) is 3.91. The Labute approximate surface area is 81.8 Å². The molecule has 1 aromatic rings. The summed E-state index contributed by atoms with van der Waals surface area (Å²) in [6.45, 7) is 0.320. The van der Waals surface area contributed by atoms with Gasteiger partial charge in [-0.2, -0.15) is 18.8 Å². The molecule has 0 aliphatic rings. The lowest BCUT2D eigenvalue weighted by Crippen LogP contribution is -2.10. The second-order valence-electron chi connectivity index (χ2n) is 2.63. The third kappa shape index (κ3) is 3.55. The van der Waals surface area contributed by atoms with E-state index in [0.717, 1.165) is 6.26 Å². The number of rotatable bonds is 4. The maximum absolute atomic E-state index is 10.6. The average Bonchev–Trinajstić information content (AvgIpc) is 2.50. The fourth-order valence-electron chi connectivity index (χ4n) is 0.826. The van der Waals surface area contributed by atoms with Crippen molar-refractivity contribution in [1.29, 1.82) is 5.26 Å². The molecule has 76 valence electrons. The van der Waals surface area contributed by atoms with Gasteiger partial charge in [-0.15, -0.1) is 0 Å². The van der Waals surface area contributed by atoms with Crippen LogP contribution in [0, 0.1) is 11.3 Å². The van der Waals surface area contributed by atoms with Gasteiger partial charge in [0, 0.05) is 6.20 Å². The van der Waals surface area contributed by atoms with Gasteiger partial charge in [-0.1, -0.05) is 0 Å². The maximum Gasteiger partial charge on any atom is 0.264 e. The molecule has 0 saturated carbocycles. The summed E-state index contributed by atoms with van der Waals surface area (Å²) in [5.74, 6) is 0. The average molecular weight is 215 g/mol. The third-order valence-electron chi connectivity index (χ3n) is 1.38. The van der Waals surface area contributed by atoms with Crippen LogP contribution in [-0.2, 0) is 20.8 Å². The van der Waals surface area contributed by atoms with Crippen molar-refractivity contribution >= 4 is 10.1 Å². The van der Waals surface area contributed by atoms with E-state index in [2.05, 4.69) is 9.28 Å². The summed E-state index contributed by atoms with van der Waals surface area (Å²) in [7, 11) is -3.40. The molecule has 0 bridgehead atoms. The van der Waals surface area contributed by atoms with E-state index in [1.54, 1.807) is 0 Å². The van der Waals surface area contributed by atoms with Gasteiger partial charge < -0.3 is 0 Å². The van der Waals surface area contributed by atoms with E-state index < -0.39 is 10.1 Å². The van der Waals surface area contributed by atoms with Gasteiger partial charge in [0.15, 0.2) is 0 Å². The van der Waals surface area contributed by atoms with E-state index in [4.69, 9.17) is 5.26 Å². The van der Waals surface area contributed by atoms with Crippen molar-refractivity contribution in [3.8, 4) is 6.07 Å². The molecule has 7 heteroatoms. The highest BCUT2D eigenvalue weighted by Gasteiger charge is 2.02. The molecule has 0 aromatic carbocycles. The molecule has 6 nitrogen and oxygen atoms in total. The lowest BCUT2D eigenvalue weighted by Gasteiger charge is -2.00. The second kappa shape index (κ2) is 4.21. The Balaban J connectivity index is 2.44. The highest BCUT2D eigenvalue weighted by molar-refractivity contribution is 7.85. The van der Waals surface area contributed by atoms with Gasteiger partial charge in [0.2, 0.25) is 0 Å². The normalized spacial score (nSPS) is 11.1. The summed E-state index contributed by atoms with van der Waals surface area (Å²) in [6, 6.07) is 1.91. The molecular weight excluding hydrogens is 206 g/mol. The lowest BCUT2D eigenvalue weighted by atomic mass is 10.4. The first-order valence-electron chi connectivity index (χ1n) is 3.78. The number of hydrogen-bond acceptors (Lipinski definition) is 5. The van der Waals surface area contributed by atoms with Gasteiger partial charge >= 0.3 is 0 Å². The van der Waals surface area contributed by atoms with Gasteiger partial charge in [-0.05, 0) is 0 Å². The SMILES string of the molecule is CS(=O)(=O)OCCn1cc(C#N)cn1. The van der Waals surface area contributed by atoms with Gasteiger partial charge in [0.05, 0.1) is 31.2 Å². The number of nitrogens with zero attached hydrogens (tertiary/aromatic N) is 3. The van der Waals surface area contributed by atoms with Crippen molar-refractivity contribution in [2.24, 2.45) is 0 Å². The van der Waals surface area contributed by atoms with E-state index in [1.807, 2.05) is 6.07 Å². The molecule has 0 saturated heterocycles. The predicted molar refractivity (Wildman–Crippen MR) is 47.7 cm³/mol. The molecule has 1 rings (SSSR count). The molecule has 1 aromatic heterocycles. The first-order valence-corrected chi connectivity index (χ1v) is 5.60. The van der Waals surface area contributed by atoms with E-state index in [9.17, 15) is 8.42 Å². The van der Waals surface area contributed by atoms with E-state index in [-0.39, 0.29) is 6.61 Å². The van der Waals surface area contributed by atoms with Crippen LogP contribution in [0.5, 0.6) is 0 Å². The van der Waals surface area contributed by atoms with Crippen molar-refractivity contribution in [3.05, 3.63) is 18.0 Å². The second-order valence-corrected chi connectivity index (χ2v) is 4.27. The minimum Gasteiger partial charge on any atom is -0.269 e. The fraction of sp³-hybridized carbons (Fsp3) is 0.429. The van der Waals surface area contributed by atoms with Crippen molar-refractivity contribution in [3.63, 3.8) is 0 Å². The largest absolute Gasteiger partial charge is 0.269 e. The summed E-state index contributed by atoms with van der Waals surface area (Å²) in [5, 5.41) is 12.3. The molecule has 1 heterocycles. The van der Waals surface area contributed by atoms with Gasteiger partial charge in [0.1, 0.15) is 6.07 Å². The third-order valence-corrected chi connectivity index (χ3v) is 1.97. The molecule has 0 fully saturated rings. The lowest BCUT2D eigenvalue weighted by molar-refractivity contribution is 0.297. The quantitative estimate of drug-likeness (QED) is 0.645. The van der Waals surface area contributed by atoms with E-state index >= 15 is 0 Å². The number of aromatic nitrogens is 2. The minimum absolute atomic E-state index is 0.0192. The van der Waals surface area contributed by atoms with Crippen LogP contribution in [0.15, 0.2) is 12.4 Å². The minimum atomic E-state index is -3.40. The zero-order chi connectivity index (χ0) is 10.6. The van der Waals surface area contributed by atoms with Crippen LogP contribution in [0.2, 0.25) is 0 Å². The Kier molecular flexibility index (Phi) is 3.22. The number of hydrogen-bond donors (Lipinski definition) is 0. The van der Waals surface area contributed by atoms with Gasteiger partial charge in [0.25, 0.3) is 10.1 Å². The maximum atomic E-state index is 10.6. The Hall–Kier alpha value is -1.39. The summed E-state index contributed by atoms with van der Waals surface area (Å²) in [5.41, 5.74) is 0.435. The van der Waals surface area contributed by atoms with Crippen LogP contribution in [0.3, 0.4) is 0 Å².